The van der Waals surface area contributed by atoms with Crippen LogP contribution < -0.4 is 11.1 Å². The van der Waals surface area contributed by atoms with Crippen molar-refractivity contribution >= 4 is 21.4 Å². The van der Waals surface area contributed by atoms with Gasteiger partial charge in [-0.25, -0.2) is 8.42 Å². The molecule has 1 aromatic carbocycles. The molecule has 0 fully saturated rings. The largest absolute Gasteiger partial charge is 0.416 e. The van der Waals surface area contributed by atoms with Crippen molar-refractivity contribution in [2.45, 2.75) is 18.5 Å². The highest BCUT2D eigenvalue weighted by Crippen LogP contribution is 2.31. The smallest absolute Gasteiger partial charge is 0.398 e. The van der Waals surface area contributed by atoms with Crippen molar-refractivity contribution in [1.29, 1.82) is 0 Å². The third kappa shape index (κ3) is 4.13. The topological polar surface area (TPSA) is 105 Å². The number of amides is 1. The first-order valence-corrected chi connectivity index (χ1v) is 8.90. The molecule has 1 heterocycles. The van der Waals surface area contributed by atoms with E-state index in [2.05, 4.69) is 10.3 Å². The summed E-state index contributed by atoms with van der Waals surface area (Å²) in [6.45, 7) is 1.40. The number of aromatic nitrogens is 1. The number of rotatable bonds is 5. The second-order valence-corrected chi connectivity index (χ2v) is 7.60. The lowest BCUT2D eigenvalue weighted by molar-refractivity contribution is -0.137. The third-order valence-corrected chi connectivity index (χ3v) is 5.45. The fraction of sp³-hybridized carbons (Fsp3) is 0.267. The molecule has 0 aliphatic rings. The van der Waals surface area contributed by atoms with Gasteiger partial charge in [0.2, 0.25) is 0 Å². The average molecular weight is 375 g/mol. The highest BCUT2D eigenvalue weighted by molar-refractivity contribution is 7.91. The maximum atomic E-state index is 12.8. The summed E-state index contributed by atoms with van der Waals surface area (Å²) in [7, 11) is -3.76. The van der Waals surface area contributed by atoms with Crippen LogP contribution in [-0.4, -0.2) is 25.1 Å². The van der Waals surface area contributed by atoms with Gasteiger partial charge in [0.15, 0.2) is 15.2 Å². The number of sulfone groups is 1. The van der Waals surface area contributed by atoms with E-state index < -0.39 is 38.4 Å². The Hall–Kier alpha value is -2.49. The van der Waals surface area contributed by atoms with E-state index in [9.17, 15) is 26.4 Å². The molecule has 0 aliphatic carbocycles. The molecule has 2 aromatic rings. The molecule has 0 saturated heterocycles. The van der Waals surface area contributed by atoms with Crippen LogP contribution >= 0.6 is 0 Å². The summed E-state index contributed by atoms with van der Waals surface area (Å²) in [4.78, 5) is 15.1. The van der Waals surface area contributed by atoms with Crippen molar-refractivity contribution in [3.8, 4) is 0 Å². The number of hydrogen-bond donors (Lipinski definition) is 3. The standard InChI is InChI=1S/C15H16F3N3O3S/c1-2-25(23,24)14(12-4-3-7-20-12)21-13(22)10-8-9(15(16,17)18)5-6-11(10)19/h3-8,14,20H,2,19H2,1H3,(H,21,22). The van der Waals surface area contributed by atoms with Crippen LogP contribution in [0.25, 0.3) is 0 Å². The van der Waals surface area contributed by atoms with Gasteiger partial charge in [-0.05, 0) is 30.3 Å². The molecule has 1 amide bonds. The zero-order valence-corrected chi connectivity index (χ0v) is 13.9. The predicted molar refractivity (Wildman–Crippen MR) is 86.3 cm³/mol. The first-order chi connectivity index (χ1) is 11.6. The Morgan fingerprint density at radius 1 is 1.32 bits per heavy atom. The molecule has 1 atom stereocenters. The van der Waals surface area contributed by atoms with Gasteiger partial charge in [-0.1, -0.05) is 6.92 Å². The van der Waals surface area contributed by atoms with E-state index in [1.165, 1.54) is 25.3 Å². The number of H-pyrrole nitrogens is 1. The van der Waals surface area contributed by atoms with E-state index >= 15 is 0 Å². The molecule has 2 rings (SSSR count). The fourth-order valence-electron chi connectivity index (χ4n) is 2.16. The van der Waals surface area contributed by atoms with Crippen molar-refractivity contribution in [3.05, 3.63) is 53.3 Å². The molecule has 1 unspecified atom stereocenters. The number of nitrogens with two attached hydrogens (primary N) is 1. The Balaban J connectivity index is 2.40. The molecule has 136 valence electrons. The molecule has 1 aromatic heterocycles. The molecule has 0 aliphatic heterocycles. The van der Waals surface area contributed by atoms with Crippen molar-refractivity contribution in [1.82, 2.24) is 10.3 Å². The van der Waals surface area contributed by atoms with Crippen LogP contribution in [0.2, 0.25) is 0 Å². The summed E-state index contributed by atoms with van der Waals surface area (Å²) in [5.41, 5.74) is 4.09. The first kappa shape index (κ1) is 18.8. The van der Waals surface area contributed by atoms with Gasteiger partial charge in [-0.15, -0.1) is 0 Å². The summed E-state index contributed by atoms with van der Waals surface area (Å²) < 4.78 is 62.9. The van der Waals surface area contributed by atoms with Crippen LogP contribution in [0.1, 0.15) is 33.9 Å². The number of nitrogen functional groups attached to an aromatic ring is 1. The quantitative estimate of drug-likeness (QED) is 0.698. The molecule has 6 nitrogen and oxygen atoms in total. The van der Waals surface area contributed by atoms with Crippen LogP contribution in [0.5, 0.6) is 0 Å². The molecule has 0 bridgehead atoms. The monoisotopic (exact) mass is 375 g/mol. The van der Waals surface area contributed by atoms with Gasteiger partial charge >= 0.3 is 6.18 Å². The maximum absolute atomic E-state index is 12.8. The molecular formula is C15H16F3N3O3S. The van der Waals surface area contributed by atoms with Crippen LogP contribution in [0.4, 0.5) is 18.9 Å². The molecule has 0 radical (unpaired) electrons. The number of carbonyl (C=O) groups is 1. The Labute approximate surface area is 142 Å². The first-order valence-electron chi connectivity index (χ1n) is 7.18. The minimum atomic E-state index is -4.66. The summed E-state index contributed by atoms with van der Waals surface area (Å²) in [5, 5.41) is 0.819. The number of nitrogens with one attached hydrogen (secondary N) is 2. The number of halogens is 3. The summed E-state index contributed by atoms with van der Waals surface area (Å²) >= 11 is 0. The molecule has 10 heteroatoms. The lowest BCUT2D eigenvalue weighted by atomic mass is 10.1. The SMILES string of the molecule is CCS(=O)(=O)C(NC(=O)c1cc(C(F)(F)F)ccc1N)c1ccc[nH]1. The highest BCUT2D eigenvalue weighted by atomic mass is 32.2. The zero-order chi connectivity index (χ0) is 18.8. The van der Waals surface area contributed by atoms with Gasteiger partial charge < -0.3 is 16.0 Å². The lowest BCUT2D eigenvalue weighted by Crippen LogP contribution is -2.35. The number of carbonyl (C=O) groups excluding carboxylic acids is 1. The van der Waals surface area contributed by atoms with Crippen LogP contribution in [0.3, 0.4) is 0 Å². The Morgan fingerprint density at radius 2 is 2.00 bits per heavy atom. The van der Waals surface area contributed by atoms with Crippen molar-refractivity contribution in [3.63, 3.8) is 0 Å². The normalized spacial score (nSPS) is 13.4. The summed E-state index contributed by atoms with van der Waals surface area (Å²) in [5.74, 6) is -1.28. The Bertz CT molecular complexity index is 862. The average Bonchev–Trinajstić information content (AvgIpc) is 3.05. The number of aromatic amines is 1. The Kier molecular flexibility index (Phi) is 5.12. The number of alkyl halides is 3. The number of hydrogen-bond acceptors (Lipinski definition) is 4. The number of anilines is 1. The second-order valence-electron chi connectivity index (χ2n) is 5.23. The summed E-state index contributed by atoms with van der Waals surface area (Å²) in [6.07, 6.45) is -3.19. The van der Waals surface area contributed by atoms with Crippen molar-refractivity contribution < 1.29 is 26.4 Å². The van der Waals surface area contributed by atoms with E-state index in [0.29, 0.717) is 6.07 Å². The van der Waals surface area contributed by atoms with E-state index in [-0.39, 0.29) is 17.1 Å². The van der Waals surface area contributed by atoms with Gasteiger partial charge in [-0.3, -0.25) is 4.79 Å². The molecule has 25 heavy (non-hydrogen) atoms. The molecule has 4 N–H and O–H groups in total. The van der Waals surface area contributed by atoms with Crippen molar-refractivity contribution in [2.24, 2.45) is 0 Å². The van der Waals surface area contributed by atoms with Crippen LogP contribution in [-0.2, 0) is 16.0 Å². The minimum Gasteiger partial charge on any atom is -0.398 e. The zero-order valence-electron chi connectivity index (χ0n) is 13.1. The number of benzene rings is 1. The highest BCUT2D eigenvalue weighted by Gasteiger charge is 2.33. The minimum absolute atomic E-state index is 0.190. The van der Waals surface area contributed by atoms with E-state index in [1.54, 1.807) is 0 Å². The molecule has 0 saturated carbocycles. The predicted octanol–water partition coefficient (Wildman–Crippen LogP) is 2.48. The van der Waals surface area contributed by atoms with Crippen LogP contribution in [0.15, 0.2) is 36.5 Å². The molecule has 0 spiro atoms. The van der Waals surface area contributed by atoms with E-state index in [1.807, 2.05) is 0 Å². The van der Waals surface area contributed by atoms with Gasteiger partial charge in [0.05, 0.1) is 16.8 Å². The van der Waals surface area contributed by atoms with Gasteiger partial charge in [0, 0.05) is 17.6 Å². The second kappa shape index (κ2) is 6.79. The lowest BCUT2D eigenvalue weighted by Gasteiger charge is -2.18. The fourth-order valence-corrected chi connectivity index (χ4v) is 3.31. The van der Waals surface area contributed by atoms with Gasteiger partial charge in [0.25, 0.3) is 5.91 Å². The van der Waals surface area contributed by atoms with Gasteiger partial charge in [-0.2, -0.15) is 13.2 Å². The maximum Gasteiger partial charge on any atom is 0.416 e. The summed E-state index contributed by atoms with van der Waals surface area (Å²) in [6, 6.07) is 5.29. The molecular weight excluding hydrogens is 359 g/mol. The van der Waals surface area contributed by atoms with E-state index in [0.717, 1.165) is 12.1 Å². The van der Waals surface area contributed by atoms with E-state index in [4.69, 9.17) is 5.73 Å². The van der Waals surface area contributed by atoms with Gasteiger partial charge in [0.1, 0.15) is 0 Å². The Morgan fingerprint density at radius 3 is 2.52 bits per heavy atom. The van der Waals surface area contributed by atoms with Crippen LogP contribution in [0, 0.1) is 0 Å². The third-order valence-electron chi connectivity index (χ3n) is 3.55. The van der Waals surface area contributed by atoms with Crippen molar-refractivity contribution in [2.75, 3.05) is 11.5 Å².